The fourth-order valence-electron chi connectivity index (χ4n) is 3.41. The maximum atomic E-state index is 12.8. The molecule has 1 aromatic carbocycles. The molecule has 134 valence electrons. The van der Waals surface area contributed by atoms with E-state index in [2.05, 4.69) is 5.32 Å². The monoisotopic (exact) mass is 366 g/mol. The number of benzene rings is 1. The van der Waals surface area contributed by atoms with Crippen LogP contribution in [-0.2, 0) is 4.79 Å². The lowest BCUT2D eigenvalue weighted by molar-refractivity contribution is -0.385. The van der Waals surface area contributed by atoms with Crippen molar-refractivity contribution < 1.29 is 14.5 Å². The van der Waals surface area contributed by atoms with Crippen molar-refractivity contribution >= 4 is 29.1 Å². The Bertz CT molecular complexity index is 711. The summed E-state index contributed by atoms with van der Waals surface area (Å²) in [6.07, 6.45) is 1.58. The van der Waals surface area contributed by atoms with Crippen molar-refractivity contribution in [3.8, 4) is 0 Å². The van der Waals surface area contributed by atoms with Gasteiger partial charge in [0.15, 0.2) is 0 Å². The molecule has 0 spiro atoms. The minimum absolute atomic E-state index is 0.00946. The van der Waals surface area contributed by atoms with Gasteiger partial charge in [-0.15, -0.1) is 0 Å². The van der Waals surface area contributed by atoms with Crippen molar-refractivity contribution in [2.75, 3.05) is 32.7 Å². The Morgan fingerprint density at radius 3 is 2.88 bits per heavy atom. The van der Waals surface area contributed by atoms with Crippen molar-refractivity contribution in [1.29, 1.82) is 0 Å². The van der Waals surface area contributed by atoms with Gasteiger partial charge in [0.25, 0.3) is 11.6 Å². The van der Waals surface area contributed by atoms with Crippen LogP contribution in [0.25, 0.3) is 0 Å². The van der Waals surface area contributed by atoms with Crippen molar-refractivity contribution in [2.45, 2.75) is 18.9 Å². The summed E-state index contributed by atoms with van der Waals surface area (Å²) in [6.45, 7) is 2.55. The molecule has 0 aliphatic carbocycles. The van der Waals surface area contributed by atoms with E-state index >= 15 is 0 Å². The highest BCUT2D eigenvalue weighted by atomic mass is 35.5. The number of nitro benzene ring substituents is 1. The highest BCUT2D eigenvalue weighted by Crippen LogP contribution is 2.26. The fourth-order valence-corrected chi connectivity index (χ4v) is 3.58. The summed E-state index contributed by atoms with van der Waals surface area (Å²) in [5, 5.41) is 14.5. The molecule has 25 heavy (non-hydrogen) atoms. The van der Waals surface area contributed by atoms with E-state index in [1.807, 2.05) is 4.90 Å². The molecular formula is C16H19ClN4O4. The standard InChI is InChI=1S/C16H19ClN4O4/c17-11-3-4-14(21(24)25)13(8-11)16(23)19-6-1-2-12(10-19)20-7-5-18-9-15(20)22/h3-4,8,12,18H,1-2,5-7,9-10H2. The molecule has 2 heterocycles. The van der Waals surface area contributed by atoms with Crippen LogP contribution in [0.5, 0.6) is 0 Å². The number of nitrogens with zero attached hydrogens (tertiary/aromatic N) is 3. The van der Waals surface area contributed by atoms with Gasteiger partial charge in [0.1, 0.15) is 5.56 Å². The zero-order valence-electron chi connectivity index (χ0n) is 13.6. The van der Waals surface area contributed by atoms with Gasteiger partial charge >= 0.3 is 0 Å². The topological polar surface area (TPSA) is 95.8 Å². The number of piperazine rings is 1. The number of halogens is 1. The number of rotatable bonds is 3. The minimum Gasteiger partial charge on any atom is -0.336 e. The second kappa shape index (κ2) is 7.37. The fraction of sp³-hybridized carbons (Fsp3) is 0.500. The molecule has 1 atom stereocenters. The number of hydrogen-bond acceptors (Lipinski definition) is 5. The van der Waals surface area contributed by atoms with E-state index < -0.39 is 10.8 Å². The van der Waals surface area contributed by atoms with Crippen molar-refractivity contribution in [3.05, 3.63) is 38.9 Å². The van der Waals surface area contributed by atoms with Crippen molar-refractivity contribution in [2.24, 2.45) is 0 Å². The maximum absolute atomic E-state index is 12.8. The first-order chi connectivity index (χ1) is 12.0. The second-order valence-corrected chi connectivity index (χ2v) is 6.67. The van der Waals surface area contributed by atoms with Crippen LogP contribution in [0.4, 0.5) is 5.69 Å². The van der Waals surface area contributed by atoms with Crippen LogP contribution in [0.15, 0.2) is 18.2 Å². The zero-order chi connectivity index (χ0) is 18.0. The van der Waals surface area contributed by atoms with E-state index in [1.165, 1.54) is 18.2 Å². The largest absolute Gasteiger partial charge is 0.336 e. The average molecular weight is 367 g/mol. The Labute approximate surface area is 149 Å². The first kappa shape index (κ1) is 17.6. The van der Waals surface area contributed by atoms with Gasteiger partial charge in [0.2, 0.25) is 5.91 Å². The molecule has 1 N–H and O–H groups in total. The Kier molecular flexibility index (Phi) is 5.19. The zero-order valence-corrected chi connectivity index (χ0v) is 14.4. The lowest BCUT2D eigenvalue weighted by Gasteiger charge is -2.41. The molecule has 8 nitrogen and oxygen atoms in total. The van der Waals surface area contributed by atoms with Gasteiger partial charge in [-0.3, -0.25) is 19.7 Å². The van der Waals surface area contributed by atoms with Gasteiger partial charge in [-0.2, -0.15) is 0 Å². The molecule has 0 saturated carbocycles. The number of carbonyl (C=O) groups excluding carboxylic acids is 2. The van der Waals surface area contributed by atoms with Crippen LogP contribution in [-0.4, -0.2) is 65.3 Å². The first-order valence-electron chi connectivity index (χ1n) is 8.21. The number of likely N-dealkylation sites (tertiary alicyclic amines) is 1. The van der Waals surface area contributed by atoms with Gasteiger partial charge in [0, 0.05) is 43.3 Å². The van der Waals surface area contributed by atoms with Crippen LogP contribution < -0.4 is 5.32 Å². The molecule has 2 saturated heterocycles. The molecule has 3 rings (SSSR count). The molecule has 2 amide bonds. The molecule has 1 aromatic rings. The Hall–Kier alpha value is -2.19. The SMILES string of the molecule is O=C(c1cc(Cl)ccc1[N+](=O)[O-])N1CCCC(N2CCNCC2=O)C1. The summed E-state index contributed by atoms with van der Waals surface area (Å²) < 4.78 is 0. The van der Waals surface area contributed by atoms with Gasteiger partial charge in [-0.05, 0) is 25.0 Å². The highest BCUT2D eigenvalue weighted by Gasteiger charge is 2.33. The van der Waals surface area contributed by atoms with E-state index in [1.54, 1.807) is 4.90 Å². The number of nitro groups is 1. The predicted molar refractivity (Wildman–Crippen MR) is 91.6 cm³/mol. The normalized spacial score (nSPS) is 21.3. The van der Waals surface area contributed by atoms with Gasteiger partial charge in [-0.1, -0.05) is 11.6 Å². The minimum atomic E-state index is -0.579. The smallest absolute Gasteiger partial charge is 0.282 e. The summed E-state index contributed by atoms with van der Waals surface area (Å²) in [7, 11) is 0. The second-order valence-electron chi connectivity index (χ2n) is 6.23. The summed E-state index contributed by atoms with van der Waals surface area (Å²) in [5.74, 6) is -0.388. The van der Waals surface area contributed by atoms with Gasteiger partial charge < -0.3 is 15.1 Å². The number of hydrogen-bond donors (Lipinski definition) is 1. The van der Waals surface area contributed by atoms with Crippen LogP contribution in [0.2, 0.25) is 5.02 Å². The molecule has 2 fully saturated rings. The number of nitrogens with one attached hydrogen (secondary N) is 1. The summed E-state index contributed by atoms with van der Waals surface area (Å²) in [5.41, 5.74) is -0.264. The van der Waals surface area contributed by atoms with Crippen molar-refractivity contribution in [1.82, 2.24) is 15.1 Å². The van der Waals surface area contributed by atoms with Gasteiger partial charge in [-0.25, -0.2) is 0 Å². The Morgan fingerprint density at radius 2 is 2.16 bits per heavy atom. The Morgan fingerprint density at radius 1 is 1.36 bits per heavy atom. The predicted octanol–water partition coefficient (Wildman–Crippen LogP) is 1.28. The van der Waals surface area contributed by atoms with E-state index in [0.29, 0.717) is 26.2 Å². The molecule has 1 unspecified atom stereocenters. The summed E-state index contributed by atoms with van der Waals surface area (Å²) in [4.78, 5) is 38.9. The van der Waals surface area contributed by atoms with Gasteiger partial charge in [0.05, 0.1) is 11.5 Å². The summed E-state index contributed by atoms with van der Waals surface area (Å²) in [6, 6.07) is 3.93. The maximum Gasteiger partial charge on any atom is 0.282 e. The molecule has 2 aliphatic rings. The van der Waals surface area contributed by atoms with Crippen LogP contribution >= 0.6 is 11.6 Å². The van der Waals surface area contributed by atoms with E-state index in [9.17, 15) is 19.7 Å². The molecule has 0 bridgehead atoms. The quantitative estimate of drug-likeness (QED) is 0.642. The van der Waals surface area contributed by atoms with Crippen LogP contribution in [0.3, 0.4) is 0 Å². The average Bonchev–Trinajstić information content (AvgIpc) is 2.61. The first-order valence-corrected chi connectivity index (χ1v) is 8.58. The third-order valence-corrected chi connectivity index (χ3v) is 4.87. The Balaban J connectivity index is 1.79. The lowest BCUT2D eigenvalue weighted by Crippen LogP contribution is -2.57. The van der Waals surface area contributed by atoms with E-state index in [0.717, 1.165) is 19.4 Å². The van der Waals surface area contributed by atoms with Crippen molar-refractivity contribution in [3.63, 3.8) is 0 Å². The van der Waals surface area contributed by atoms with Crippen LogP contribution in [0.1, 0.15) is 23.2 Å². The van der Waals surface area contributed by atoms with Crippen LogP contribution in [0, 0.1) is 10.1 Å². The molecule has 0 aromatic heterocycles. The molecule has 0 radical (unpaired) electrons. The number of amides is 2. The third-order valence-electron chi connectivity index (χ3n) is 4.64. The number of piperidine rings is 1. The number of carbonyl (C=O) groups is 2. The third kappa shape index (κ3) is 3.74. The molecule has 2 aliphatic heterocycles. The van der Waals surface area contributed by atoms with E-state index in [-0.39, 0.29) is 28.2 Å². The summed E-state index contributed by atoms with van der Waals surface area (Å²) >= 11 is 5.92. The lowest BCUT2D eigenvalue weighted by atomic mass is 10.0. The highest BCUT2D eigenvalue weighted by molar-refractivity contribution is 6.31. The molecular weight excluding hydrogens is 348 g/mol. The van der Waals surface area contributed by atoms with E-state index in [4.69, 9.17) is 11.6 Å². The molecule has 9 heteroatoms.